The Balaban J connectivity index is 1.13. The second kappa shape index (κ2) is 20.5. The van der Waals surface area contributed by atoms with Crippen molar-refractivity contribution in [3.8, 4) is 11.1 Å². The predicted octanol–water partition coefficient (Wildman–Crippen LogP) is 8.41. The van der Waals surface area contributed by atoms with Crippen LogP contribution in [0, 0.1) is 0 Å². The second-order valence-corrected chi connectivity index (χ2v) is 14.4. The number of aliphatic hydroxyl groups is 1. The van der Waals surface area contributed by atoms with Crippen molar-refractivity contribution in [1.29, 1.82) is 0 Å². The fourth-order valence-corrected chi connectivity index (χ4v) is 7.02. The van der Waals surface area contributed by atoms with Crippen LogP contribution in [-0.2, 0) is 45.3 Å². The number of benzene rings is 5. The average Bonchev–Trinajstić information content (AvgIpc) is 3.22. The van der Waals surface area contributed by atoms with E-state index in [1.54, 1.807) is 0 Å². The van der Waals surface area contributed by atoms with Crippen molar-refractivity contribution in [2.45, 2.75) is 83.8 Å². The molecule has 3 atom stereocenters. The maximum absolute atomic E-state index is 12.5. The number of hydrogen-bond donors (Lipinski definition) is 3. The zero-order valence-electron chi connectivity index (χ0n) is 31.7. The smallest absolute Gasteiger partial charge is 0.220 e. The maximum atomic E-state index is 12.5. The van der Waals surface area contributed by atoms with Gasteiger partial charge in [-0.05, 0) is 57.9 Å². The minimum Gasteiger partial charge on any atom is -0.392 e. The van der Waals surface area contributed by atoms with Crippen LogP contribution in [0.25, 0.3) is 11.1 Å². The van der Waals surface area contributed by atoms with E-state index in [1.165, 1.54) is 18.1 Å². The number of nitrogens with one attached hydrogen (secondary N) is 2. The molecule has 8 heteroatoms. The first-order chi connectivity index (χ1) is 26.9. The number of carbonyl (C=O) groups is 2. The molecule has 6 rings (SSSR count). The van der Waals surface area contributed by atoms with Crippen LogP contribution >= 0.6 is 0 Å². The van der Waals surface area contributed by atoms with Crippen molar-refractivity contribution in [3.05, 3.63) is 167 Å². The monoisotopic (exact) mass is 739 g/mol. The molecule has 55 heavy (non-hydrogen) atoms. The first kappa shape index (κ1) is 39.6. The van der Waals surface area contributed by atoms with Gasteiger partial charge in [-0.15, -0.1) is 0 Å². The van der Waals surface area contributed by atoms with E-state index in [2.05, 4.69) is 125 Å². The van der Waals surface area contributed by atoms with Crippen molar-refractivity contribution in [2.75, 3.05) is 13.1 Å². The second-order valence-electron chi connectivity index (χ2n) is 14.4. The van der Waals surface area contributed by atoms with E-state index in [9.17, 15) is 14.7 Å². The summed E-state index contributed by atoms with van der Waals surface area (Å²) in [5.74, 6) is 0.00970. The third kappa shape index (κ3) is 12.5. The van der Waals surface area contributed by atoms with Crippen LogP contribution < -0.4 is 10.6 Å². The topological polar surface area (TPSA) is 100 Å². The first-order valence-electron chi connectivity index (χ1n) is 19.4. The lowest BCUT2D eigenvalue weighted by molar-refractivity contribution is -0.253. The molecule has 5 aromatic rings. The van der Waals surface area contributed by atoms with Crippen LogP contribution in [0.4, 0.5) is 0 Å². The fraction of sp³-hybridized carbons (Fsp3) is 0.319. The fourth-order valence-electron chi connectivity index (χ4n) is 7.02. The summed E-state index contributed by atoms with van der Waals surface area (Å²) in [6.45, 7) is 4.96. The first-order valence-corrected chi connectivity index (χ1v) is 19.4. The summed E-state index contributed by atoms with van der Waals surface area (Å²) >= 11 is 0. The SMILES string of the molecule is CC(=O)NCCCCCC(=O)NCc1cccc(-c2ccc([C@H]3O[C@@H](CN(Cc4ccccc4)Cc4ccccc4)C[C@@H](c4ccc(CO)cc4)O3)cc2)c1. The summed E-state index contributed by atoms with van der Waals surface area (Å²) in [6.07, 6.45) is 2.91. The van der Waals surface area contributed by atoms with E-state index in [0.717, 1.165) is 72.3 Å². The van der Waals surface area contributed by atoms with E-state index in [1.807, 2.05) is 24.3 Å². The molecule has 0 saturated carbocycles. The van der Waals surface area contributed by atoms with Crippen molar-refractivity contribution in [1.82, 2.24) is 15.5 Å². The van der Waals surface area contributed by atoms with Gasteiger partial charge >= 0.3 is 0 Å². The molecule has 1 saturated heterocycles. The Morgan fingerprint density at radius 2 is 1.33 bits per heavy atom. The van der Waals surface area contributed by atoms with E-state index in [-0.39, 0.29) is 30.6 Å². The zero-order chi connectivity index (χ0) is 38.2. The van der Waals surface area contributed by atoms with Gasteiger partial charge in [0.05, 0.1) is 18.8 Å². The highest BCUT2D eigenvalue weighted by molar-refractivity contribution is 5.76. The number of nitrogens with zero attached hydrogens (tertiary/aromatic N) is 1. The van der Waals surface area contributed by atoms with Crippen LogP contribution in [0.15, 0.2) is 133 Å². The van der Waals surface area contributed by atoms with Gasteiger partial charge in [0.25, 0.3) is 0 Å². The van der Waals surface area contributed by atoms with Crippen LogP contribution in [-0.4, -0.2) is 41.0 Å². The lowest BCUT2D eigenvalue weighted by Crippen LogP contribution is -2.39. The van der Waals surface area contributed by atoms with Crippen LogP contribution in [0.1, 0.15) is 84.8 Å². The van der Waals surface area contributed by atoms with Gasteiger partial charge in [-0.1, -0.05) is 134 Å². The Labute approximate surface area is 325 Å². The number of unbranched alkanes of at least 4 members (excludes halogenated alkanes) is 2. The van der Waals surface area contributed by atoms with E-state index >= 15 is 0 Å². The Bertz CT molecular complexity index is 1880. The van der Waals surface area contributed by atoms with Gasteiger partial charge in [0, 0.05) is 58.1 Å². The third-order valence-corrected chi connectivity index (χ3v) is 9.96. The molecule has 0 aromatic heterocycles. The lowest BCUT2D eigenvalue weighted by Gasteiger charge is -2.38. The number of carbonyl (C=O) groups excluding carboxylic acids is 2. The number of ether oxygens (including phenoxy) is 2. The molecular formula is C47H53N3O5. The van der Waals surface area contributed by atoms with Gasteiger partial charge in [-0.3, -0.25) is 14.5 Å². The molecule has 0 radical (unpaired) electrons. The molecule has 2 amide bonds. The summed E-state index contributed by atoms with van der Waals surface area (Å²) < 4.78 is 13.5. The predicted molar refractivity (Wildman–Crippen MR) is 216 cm³/mol. The summed E-state index contributed by atoms with van der Waals surface area (Å²) in [6, 6.07) is 45.8. The normalized spacial score (nSPS) is 16.8. The number of amides is 2. The molecule has 8 nitrogen and oxygen atoms in total. The standard InChI is InChI=1S/C47H53N3O5/c1-35(52)48-27-10-4-9-18-46(53)49-30-39-16-11-17-43(28-39)40-23-25-42(26-24-40)47-54-44(29-45(55-47)41-21-19-38(34-51)20-22-41)33-50(31-36-12-5-2-6-13-36)32-37-14-7-3-8-15-37/h2-3,5-8,11-17,19-26,28,44-45,47,51H,4,9-10,18,27,29-34H2,1H3,(H,48,52)(H,49,53)/t44-,45+,47+/m1/s1. The zero-order valence-corrected chi connectivity index (χ0v) is 31.7. The Kier molecular flexibility index (Phi) is 14.8. The van der Waals surface area contributed by atoms with Gasteiger partial charge < -0.3 is 25.2 Å². The van der Waals surface area contributed by atoms with E-state index < -0.39 is 6.29 Å². The Hall–Kier alpha value is -5.12. The molecule has 0 spiro atoms. The molecule has 1 aliphatic heterocycles. The molecular weight excluding hydrogens is 687 g/mol. The molecule has 1 fully saturated rings. The average molecular weight is 740 g/mol. The molecule has 0 bridgehead atoms. The minimum atomic E-state index is -0.558. The summed E-state index contributed by atoms with van der Waals surface area (Å²) in [7, 11) is 0. The van der Waals surface area contributed by atoms with Crippen molar-refractivity contribution in [2.24, 2.45) is 0 Å². The van der Waals surface area contributed by atoms with Crippen LogP contribution in [0.2, 0.25) is 0 Å². The van der Waals surface area contributed by atoms with E-state index in [4.69, 9.17) is 9.47 Å². The van der Waals surface area contributed by atoms with Gasteiger partial charge in [-0.25, -0.2) is 0 Å². The van der Waals surface area contributed by atoms with Gasteiger partial charge in [-0.2, -0.15) is 0 Å². The molecule has 1 heterocycles. The lowest BCUT2D eigenvalue weighted by atomic mass is 9.98. The summed E-state index contributed by atoms with van der Waals surface area (Å²) in [5, 5.41) is 15.5. The maximum Gasteiger partial charge on any atom is 0.220 e. The minimum absolute atomic E-state index is 0.00102. The van der Waals surface area contributed by atoms with E-state index in [0.29, 0.717) is 25.9 Å². The molecule has 3 N–H and O–H groups in total. The number of rotatable bonds is 18. The number of hydrogen-bond acceptors (Lipinski definition) is 6. The molecule has 286 valence electrons. The quantitative estimate of drug-likeness (QED) is 0.0781. The van der Waals surface area contributed by atoms with Gasteiger partial charge in [0.15, 0.2) is 6.29 Å². The van der Waals surface area contributed by atoms with Crippen LogP contribution in [0.3, 0.4) is 0 Å². The summed E-state index contributed by atoms with van der Waals surface area (Å²) in [5.41, 5.74) is 8.57. The molecule has 5 aromatic carbocycles. The highest BCUT2D eigenvalue weighted by Crippen LogP contribution is 2.39. The van der Waals surface area contributed by atoms with Crippen LogP contribution in [0.5, 0.6) is 0 Å². The molecule has 0 aliphatic carbocycles. The third-order valence-electron chi connectivity index (χ3n) is 9.96. The van der Waals surface area contributed by atoms with Gasteiger partial charge in [0.1, 0.15) is 0 Å². The van der Waals surface area contributed by atoms with Crippen molar-refractivity contribution < 1.29 is 24.2 Å². The highest BCUT2D eigenvalue weighted by Gasteiger charge is 2.33. The molecule has 0 unspecified atom stereocenters. The Morgan fingerprint density at radius 3 is 1.98 bits per heavy atom. The number of aliphatic hydroxyl groups excluding tert-OH is 1. The molecule has 1 aliphatic rings. The van der Waals surface area contributed by atoms with Crippen molar-refractivity contribution in [3.63, 3.8) is 0 Å². The largest absolute Gasteiger partial charge is 0.392 e. The summed E-state index contributed by atoms with van der Waals surface area (Å²) in [4.78, 5) is 25.9. The highest BCUT2D eigenvalue weighted by atomic mass is 16.7. The van der Waals surface area contributed by atoms with Gasteiger partial charge in [0.2, 0.25) is 11.8 Å². The van der Waals surface area contributed by atoms with Crippen molar-refractivity contribution >= 4 is 11.8 Å². The Morgan fingerprint density at radius 1 is 0.673 bits per heavy atom.